The molecule has 0 aliphatic rings. The molecule has 5 N–H and O–H groups in total. The minimum Gasteiger partial charge on any atom is -0.480 e. The summed E-state index contributed by atoms with van der Waals surface area (Å²) in [6.45, 7) is 0. The first-order valence-electron chi connectivity index (χ1n) is 4.03. The summed E-state index contributed by atoms with van der Waals surface area (Å²) in [4.78, 5) is 10.4. The van der Waals surface area contributed by atoms with Gasteiger partial charge in [-0.2, -0.15) is 0 Å². The fourth-order valence-electron chi connectivity index (χ4n) is 1.08. The standard InChI is InChI=1S/C9H11FN2O2/c10-6-1-2-7(11)5(3-6)4-8(12)9(13)14/h1-3,8H,4,11-12H2,(H,13,14). The quantitative estimate of drug-likeness (QED) is 0.612. The van der Waals surface area contributed by atoms with Crippen LogP contribution in [0.3, 0.4) is 0 Å². The number of hydrogen-bond donors (Lipinski definition) is 3. The molecule has 1 atom stereocenters. The highest BCUT2D eigenvalue weighted by Crippen LogP contribution is 2.14. The second-order valence-corrected chi connectivity index (χ2v) is 2.99. The van der Waals surface area contributed by atoms with Crippen molar-refractivity contribution in [1.29, 1.82) is 0 Å². The third kappa shape index (κ3) is 2.43. The van der Waals surface area contributed by atoms with Crippen molar-refractivity contribution in [1.82, 2.24) is 0 Å². The monoisotopic (exact) mass is 198 g/mol. The van der Waals surface area contributed by atoms with Crippen molar-refractivity contribution in [2.75, 3.05) is 5.73 Å². The van der Waals surface area contributed by atoms with E-state index in [-0.39, 0.29) is 6.42 Å². The van der Waals surface area contributed by atoms with Crippen LogP contribution in [0, 0.1) is 5.82 Å². The Morgan fingerprint density at radius 3 is 2.79 bits per heavy atom. The van der Waals surface area contributed by atoms with Gasteiger partial charge in [0.15, 0.2) is 0 Å². The van der Waals surface area contributed by atoms with Gasteiger partial charge in [0, 0.05) is 12.1 Å². The predicted octanol–water partition coefficient (Wildman–Crippen LogP) is 0.362. The van der Waals surface area contributed by atoms with Crippen LogP contribution in [0.15, 0.2) is 18.2 Å². The van der Waals surface area contributed by atoms with E-state index in [0.29, 0.717) is 11.3 Å². The Bertz CT molecular complexity index is 355. The lowest BCUT2D eigenvalue weighted by atomic mass is 10.0. The Hall–Kier alpha value is -1.62. The van der Waals surface area contributed by atoms with Gasteiger partial charge in [0.25, 0.3) is 0 Å². The fraction of sp³-hybridized carbons (Fsp3) is 0.222. The molecule has 1 aromatic carbocycles. The second-order valence-electron chi connectivity index (χ2n) is 2.99. The molecule has 1 unspecified atom stereocenters. The fourth-order valence-corrected chi connectivity index (χ4v) is 1.08. The van der Waals surface area contributed by atoms with Gasteiger partial charge in [-0.25, -0.2) is 4.39 Å². The molecular formula is C9H11FN2O2. The maximum Gasteiger partial charge on any atom is 0.320 e. The Balaban J connectivity index is 2.85. The van der Waals surface area contributed by atoms with Crippen molar-refractivity contribution in [2.24, 2.45) is 5.73 Å². The van der Waals surface area contributed by atoms with Crippen molar-refractivity contribution in [3.8, 4) is 0 Å². The maximum absolute atomic E-state index is 12.8. The summed E-state index contributed by atoms with van der Waals surface area (Å²) >= 11 is 0. The van der Waals surface area contributed by atoms with E-state index in [1.165, 1.54) is 18.2 Å². The number of benzene rings is 1. The zero-order valence-electron chi connectivity index (χ0n) is 7.40. The number of carbonyl (C=O) groups is 1. The normalized spacial score (nSPS) is 12.4. The number of carboxylic acid groups (broad SMARTS) is 1. The molecule has 0 heterocycles. The van der Waals surface area contributed by atoms with Crippen molar-refractivity contribution in [2.45, 2.75) is 12.5 Å². The molecular weight excluding hydrogens is 187 g/mol. The molecule has 0 saturated carbocycles. The highest BCUT2D eigenvalue weighted by molar-refractivity contribution is 5.74. The number of aliphatic carboxylic acids is 1. The van der Waals surface area contributed by atoms with Gasteiger partial charge in [-0.15, -0.1) is 0 Å². The van der Waals surface area contributed by atoms with Crippen LogP contribution in [-0.4, -0.2) is 17.1 Å². The second kappa shape index (κ2) is 4.06. The first-order chi connectivity index (χ1) is 6.50. The molecule has 0 aromatic heterocycles. The summed E-state index contributed by atoms with van der Waals surface area (Å²) < 4.78 is 12.8. The van der Waals surface area contributed by atoms with E-state index in [1.54, 1.807) is 0 Å². The molecule has 5 heteroatoms. The number of carboxylic acids is 1. The van der Waals surface area contributed by atoms with Gasteiger partial charge in [-0.3, -0.25) is 4.79 Å². The molecule has 1 aromatic rings. The van der Waals surface area contributed by atoms with Crippen LogP contribution in [0.25, 0.3) is 0 Å². The van der Waals surface area contributed by atoms with Crippen molar-refractivity contribution < 1.29 is 14.3 Å². The summed E-state index contributed by atoms with van der Waals surface area (Å²) in [6, 6.07) is 2.74. The molecule has 0 saturated heterocycles. The smallest absolute Gasteiger partial charge is 0.320 e. The largest absolute Gasteiger partial charge is 0.480 e. The maximum atomic E-state index is 12.8. The number of hydrogen-bond acceptors (Lipinski definition) is 3. The van der Waals surface area contributed by atoms with Crippen LogP contribution >= 0.6 is 0 Å². The van der Waals surface area contributed by atoms with E-state index in [0.717, 1.165) is 0 Å². The third-order valence-electron chi connectivity index (χ3n) is 1.86. The van der Waals surface area contributed by atoms with E-state index in [9.17, 15) is 9.18 Å². The molecule has 0 bridgehead atoms. The lowest BCUT2D eigenvalue weighted by molar-refractivity contribution is -0.138. The Morgan fingerprint density at radius 2 is 2.21 bits per heavy atom. The minimum absolute atomic E-state index is 0.0267. The molecule has 0 aliphatic heterocycles. The molecule has 0 radical (unpaired) electrons. The number of halogens is 1. The zero-order valence-corrected chi connectivity index (χ0v) is 7.40. The van der Waals surface area contributed by atoms with E-state index in [1.807, 2.05) is 0 Å². The molecule has 4 nitrogen and oxygen atoms in total. The van der Waals surface area contributed by atoms with E-state index >= 15 is 0 Å². The first kappa shape index (κ1) is 10.5. The SMILES string of the molecule is Nc1ccc(F)cc1CC(N)C(=O)O. The lowest BCUT2D eigenvalue weighted by Crippen LogP contribution is -2.32. The highest BCUT2D eigenvalue weighted by Gasteiger charge is 2.13. The average molecular weight is 198 g/mol. The summed E-state index contributed by atoms with van der Waals surface area (Å²) in [5.41, 5.74) is 11.6. The third-order valence-corrected chi connectivity index (χ3v) is 1.86. The van der Waals surface area contributed by atoms with Gasteiger partial charge >= 0.3 is 5.97 Å². The van der Waals surface area contributed by atoms with Gasteiger partial charge in [0.05, 0.1) is 0 Å². The van der Waals surface area contributed by atoms with Crippen molar-refractivity contribution in [3.63, 3.8) is 0 Å². The first-order valence-corrected chi connectivity index (χ1v) is 4.03. The molecule has 1 rings (SSSR count). The van der Waals surface area contributed by atoms with E-state index in [4.69, 9.17) is 16.6 Å². The summed E-state index contributed by atoms with van der Waals surface area (Å²) in [6.07, 6.45) is 0.0267. The minimum atomic E-state index is -1.13. The van der Waals surface area contributed by atoms with Crippen LogP contribution in [-0.2, 0) is 11.2 Å². The summed E-state index contributed by atoms with van der Waals surface area (Å²) in [7, 11) is 0. The number of nitrogen functional groups attached to an aromatic ring is 1. The van der Waals surface area contributed by atoms with E-state index in [2.05, 4.69) is 0 Å². The zero-order chi connectivity index (χ0) is 10.7. The van der Waals surface area contributed by atoms with Gasteiger partial charge in [0.1, 0.15) is 11.9 Å². The summed E-state index contributed by atoms with van der Waals surface area (Å²) in [5.74, 6) is -1.58. The molecule has 0 amide bonds. The Morgan fingerprint density at radius 1 is 1.57 bits per heavy atom. The van der Waals surface area contributed by atoms with Gasteiger partial charge in [0.2, 0.25) is 0 Å². The van der Waals surface area contributed by atoms with E-state index < -0.39 is 17.8 Å². The van der Waals surface area contributed by atoms with Gasteiger partial charge in [-0.1, -0.05) is 0 Å². The van der Waals surface area contributed by atoms with Crippen LogP contribution in [0.2, 0.25) is 0 Å². The Kier molecular flexibility index (Phi) is 3.03. The van der Waals surface area contributed by atoms with Crippen LogP contribution in [0.5, 0.6) is 0 Å². The van der Waals surface area contributed by atoms with Crippen LogP contribution in [0.4, 0.5) is 10.1 Å². The van der Waals surface area contributed by atoms with Gasteiger partial charge in [-0.05, 0) is 23.8 Å². The van der Waals surface area contributed by atoms with Crippen molar-refractivity contribution in [3.05, 3.63) is 29.6 Å². The highest BCUT2D eigenvalue weighted by atomic mass is 19.1. The average Bonchev–Trinajstić information content (AvgIpc) is 2.11. The van der Waals surface area contributed by atoms with Crippen LogP contribution < -0.4 is 11.5 Å². The number of nitrogens with two attached hydrogens (primary N) is 2. The molecule has 76 valence electrons. The van der Waals surface area contributed by atoms with Crippen LogP contribution in [0.1, 0.15) is 5.56 Å². The molecule has 0 fully saturated rings. The predicted molar refractivity (Wildman–Crippen MR) is 50.1 cm³/mol. The summed E-state index contributed by atoms with van der Waals surface area (Å²) in [5, 5.41) is 8.54. The van der Waals surface area contributed by atoms with Crippen molar-refractivity contribution >= 4 is 11.7 Å². The molecule has 0 spiro atoms. The lowest BCUT2D eigenvalue weighted by Gasteiger charge is -2.08. The van der Waals surface area contributed by atoms with Gasteiger partial charge < -0.3 is 16.6 Å². The molecule has 0 aliphatic carbocycles. The molecule has 14 heavy (non-hydrogen) atoms. The number of anilines is 1. The topological polar surface area (TPSA) is 89.3 Å². The Labute approximate surface area is 80.3 Å². The number of rotatable bonds is 3.